The van der Waals surface area contributed by atoms with Gasteiger partial charge in [0.15, 0.2) is 0 Å². The molecule has 0 saturated carbocycles. The number of aromatic nitrogens is 1. The summed E-state index contributed by atoms with van der Waals surface area (Å²) in [5, 5.41) is 14.2. The van der Waals surface area contributed by atoms with E-state index in [2.05, 4.69) is 10.3 Å². The lowest BCUT2D eigenvalue weighted by molar-refractivity contribution is -0.126. The minimum Gasteiger partial charge on any atom is -0.390 e. The smallest absolute Gasteiger partial charge is 0.243 e. The first-order valence-corrected chi connectivity index (χ1v) is 15.3. The number of hydrogen-bond acceptors (Lipinski definition) is 7. The molecule has 206 valence electrons. The minimum atomic E-state index is -3.94. The zero-order valence-corrected chi connectivity index (χ0v) is 23.8. The van der Waals surface area contributed by atoms with Crippen molar-refractivity contribution in [2.45, 2.75) is 69.9 Å². The fourth-order valence-corrected chi connectivity index (χ4v) is 6.48. The number of sulfonamides is 1. The van der Waals surface area contributed by atoms with Crippen LogP contribution in [0.25, 0.3) is 10.2 Å². The molecule has 0 bridgehead atoms. The van der Waals surface area contributed by atoms with Crippen LogP contribution in [0.2, 0.25) is 0 Å². The number of rotatable bonds is 15. The SMILES string of the molecule is CCC(=O)CCC(=O)N[C@@H](Cc1ccccc1)[C@H](O)CN(C[C@@H](C)CC)S(=O)(=O)c1ccc2ncsc2c1. The molecule has 0 aliphatic carbocycles. The molecule has 1 amide bonds. The third-order valence-electron chi connectivity index (χ3n) is 6.68. The van der Waals surface area contributed by atoms with Crippen molar-refractivity contribution in [2.75, 3.05) is 13.1 Å². The van der Waals surface area contributed by atoms with Crippen molar-refractivity contribution >= 4 is 43.3 Å². The van der Waals surface area contributed by atoms with Crippen LogP contribution in [0, 0.1) is 5.92 Å². The number of carbonyl (C=O) groups excluding carboxylic acids is 2. The van der Waals surface area contributed by atoms with E-state index in [1.807, 2.05) is 44.2 Å². The number of nitrogens with one attached hydrogen (secondary N) is 1. The largest absolute Gasteiger partial charge is 0.390 e. The number of nitrogens with zero attached hydrogens (tertiary/aromatic N) is 2. The van der Waals surface area contributed by atoms with Gasteiger partial charge in [-0.1, -0.05) is 57.5 Å². The van der Waals surface area contributed by atoms with Crippen LogP contribution in [0.1, 0.15) is 52.0 Å². The lowest BCUT2D eigenvalue weighted by atomic mass is 10.00. The van der Waals surface area contributed by atoms with Gasteiger partial charge in [-0.05, 0) is 36.1 Å². The number of carbonyl (C=O) groups is 2. The van der Waals surface area contributed by atoms with E-state index in [4.69, 9.17) is 0 Å². The highest BCUT2D eigenvalue weighted by molar-refractivity contribution is 7.89. The first-order chi connectivity index (χ1) is 18.1. The van der Waals surface area contributed by atoms with Gasteiger partial charge in [0.25, 0.3) is 0 Å². The molecule has 8 nitrogen and oxygen atoms in total. The number of benzene rings is 2. The first kappa shape index (κ1) is 29.9. The summed E-state index contributed by atoms with van der Waals surface area (Å²) in [6, 6.07) is 13.5. The molecule has 3 atom stereocenters. The Morgan fingerprint density at radius 2 is 1.82 bits per heavy atom. The summed E-state index contributed by atoms with van der Waals surface area (Å²) >= 11 is 1.37. The molecule has 0 radical (unpaired) electrons. The van der Waals surface area contributed by atoms with E-state index >= 15 is 0 Å². The van der Waals surface area contributed by atoms with Crippen molar-refractivity contribution in [3.8, 4) is 0 Å². The summed E-state index contributed by atoms with van der Waals surface area (Å²) in [4.78, 5) is 28.8. The lowest BCUT2D eigenvalue weighted by Gasteiger charge is -2.31. The Morgan fingerprint density at radius 1 is 1.08 bits per heavy atom. The molecule has 38 heavy (non-hydrogen) atoms. The number of ketones is 1. The molecule has 0 fully saturated rings. The van der Waals surface area contributed by atoms with E-state index in [1.54, 1.807) is 30.6 Å². The van der Waals surface area contributed by atoms with E-state index in [1.165, 1.54) is 15.6 Å². The number of thiazole rings is 1. The van der Waals surface area contributed by atoms with E-state index < -0.39 is 22.2 Å². The van der Waals surface area contributed by atoms with E-state index in [9.17, 15) is 23.1 Å². The van der Waals surface area contributed by atoms with Gasteiger partial charge < -0.3 is 10.4 Å². The monoisotopic (exact) mass is 559 g/mol. The Balaban J connectivity index is 1.86. The second-order valence-corrected chi connectivity index (χ2v) is 12.5. The van der Waals surface area contributed by atoms with Crippen molar-refractivity contribution < 1.29 is 23.1 Å². The molecule has 0 aliphatic rings. The number of Topliss-reactive ketones (excluding diaryl/α,β-unsaturated/α-hetero) is 1. The van der Waals surface area contributed by atoms with Crippen molar-refractivity contribution in [1.29, 1.82) is 0 Å². The number of aliphatic hydroxyl groups is 1. The maximum Gasteiger partial charge on any atom is 0.243 e. The summed E-state index contributed by atoms with van der Waals surface area (Å²) in [6.07, 6.45) is 0.427. The van der Waals surface area contributed by atoms with Crippen LogP contribution in [-0.4, -0.2) is 59.7 Å². The van der Waals surface area contributed by atoms with E-state index in [0.717, 1.165) is 22.2 Å². The Kier molecular flexibility index (Phi) is 11.0. The fourth-order valence-electron chi connectivity index (χ4n) is 4.09. The summed E-state index contributed by atoms with van der Waals surface area (Å²) in [5.41, 5.74) is 3.30. The number of amides is 1. The summed E-state index contributed by atoms with van der Waals surface area (Å²) < 4.78 is 29.6. The van der Waals surface area contributed by atoms with Gasteiger partial charge in [-0.25, -0.2) is 13.4 Å². The van der Waals surface area contributed by atoms with Gasteiger partial charge in [-0.3, -0.25) is 9.59 Å². The molecule has 0 aliphatic heterocycles. The molecular formula is C28H37N3O5S2. The second-order valence-electron chi connectivity index (χ2n) is 9.64. The normalized spacial score (nSPS) is 14.3. The predicted molar refractivity (Wildman–Crippen MR) is 150 cm³/mol. The standard InChI is InChI=1S/C28H37N3O5S2/c1-4-20(3)17-31(38(35,36)23-12-13-24-27(16-23)37-19-29-24)18-26(33)25(15-21-9-7-6-8-10-21)30-28(34)14-11-22(32)5-2/h6-10,12-13,16,19-20,25-26,33H,4-5,11,14-15,17-18H2,1-3H3,(H,30,34)/t20-,25-,26+/m0/s1. The molecule has 2 aromatic carbocycles. The average molecular weight is 560 g/mol. The highest BCUT2D eigenvalue weighted by atomic mass is 32.2. The predicted octanol–water partition coefficient (Wildman–Crippen LogP) is 4.18. The molecule has 3 aromatic rings. The Bertz CT molecular complexity index is 1310. The van der Waals surface area contributed by atoms with Crippen molar-refractivity contribution in [1.82, 2.24) is 14.6 Å². The van der Waals surface area contributed by atoms with Gasteiger partial charge in [0, 0.05) is 32.4 Å². The van der Waals surface area contributed by atoms with Crippen LogP contribution in [0.15, 0.2) is 58.9 Å². The second kappa shape index (κ2) is 13.9. The minimum absolute atomic E-state index is 0.0101. The molecule has 0 saturated heterocycles. The van der Waals surface area contributed by atoms with Gasteiger partial charge in [-0.2, -0.15) is 4.31 Å². The zero-order valence-electron chi connectivity index (χ0n) is 22.2. The number of hydrogen-bond donors (Lipinski definition) is 2. The molecule has 10 heteroatoms. The topological polar surface area (TPSA) is 117 Å². The van der Waals surface area contributed by atoms with Gasteiger partial charge in [-0.15, -0.1) is 11.3 Å². The number of aliphatic hydroxyl groups excluding tert-OH is 1. The van der Waals surface area contributed by atoms with Crippen LogP contribution in [-0.2, 0) is 26.0 Å². The third kappa shape index (κ3) is 8.17. The van der Waals surface area contributed by atoms with Gasteiger partial charge >= 0.3 is 0 Å². The molecule has 0 unspecified atom stereocenters. The molecule has 1 aromatic heterocycles. The van der Waals surface area contributed by atoms with Gasteiger partial charge in [0.05, 0.1) is 32.8 Å². The Hall–Kier alpha value is -2.66. The fraction of sp³-hybridized carbons (Fsp3) is 0.464. The van der Waals surface area contributed by atoms with Gasteiger partial charge in [0.1, 0.15) is 5.78 Å². The summed E-state index contributed by atoms with van der Waals surface area (Å²) in [5.74, 6) is -0.297. The van der Waals surface area contributed by atoms with Crippen molar-refractivity contribution in [2.24, 2.45) is 5.92 Å². The van der Waals surface area contributed by atoms with Crippen LogP contribution in [0.3, 0.4) is 0 Å². The molecule has 2 N–H and O–H groups in total. The Morgan fingerprint density at radius 3 is 2.50 bits per heavy atom. The van der Waals surface area contributed by atoms with Crippen molar-refractivity contribution in [3.05, 3.63) is 59.6 Å². The lowest BCUT2D eigenvalue weighted by Crippen LogP contribution is -2.51. The maximum atomic E-state index is 13.8. The summed E-state index contributed by atoms with van der Waals surface area (Å²) in [6.45, 7) is 5.76. The quantitative estimate of drug-likeness (QED) is 0.289. The highest BCUT2D eigenvalue weighted by Gasteiger charge is 2.32. The number of fused-ring (bicyclic) bond motifs is 1. The first-order valence-electron chi connectivity index (χ1n) is 13.0. The zero-order chi connectivity index (χ0) is 27.7. The van der Waals surface area contributed by atoms with Crippen LogP contribution >= 0.6 is 11.3 Å². The van der Waals surface area contributed by atoms with Crippen molar-refractivity contribution in [3.63, 3.8) is 0 Å². The molecule has 3 rings (SSSR count). The molecule has 0 spiro atoms. The average Bonchev–Trinajstić information content (AvgIpc) is 3.39. The van der Waals surface area contributed by atoms with Crippen LogP contribution < -0.4 is 5.32 Å². The highest BCUT2D eigenvalue weighted by Crippen LogP contribution is 2.25. The molecule has 1 heterocycles. The third-order valence-corrected chi connectivity index (χ3v) is 9.30. The summed E-state index contributed by atoms with van der Waals surface area (Å²) in [7, 11) is -3.94. The van der Waals surface area contributed by atoms with Gasteiger partial charge in [0.2, 0.25) is 15.9 Å². The molecular weight excluding hydrogens is 522 g/mol. The maximum absolute atomic E-state index is 13.8. The van der Waals surface area contributed by atoms with Crippen LogP contribution in [0.4, 0.5) is 0 Å². The van der Waals surface area contributed by atoms with Crippen LogP contribution in [0.5, 0.6) is 0 Å². The Labute approximate surface area is 229 Å². The van der Waals surface area contributed by atoms with E-state index in [0.29, 0.717) is 12.8 Å². The van der Waals surface area contributed by atoms with E-state index in [-0.39, 0.29) is 48.4 Å².